The van der Waals surface area contributed by atoms with Gasteiger partial charge in [-0.3, -0.25) is 33.6 Å². The molecule has 0 aliphatic carbocycles. The lowest BCUT2D eigenvalue weighted by molar-refractivity contribution is -0.116. The second-order valence-electron chi connectivity index (χ2n) is 12.4. The van der Waals surface area contributed by atoms with Gasteiger partial charge in [0.2, 0.25) is 29.5 Å². The van der Waals surface area contributed by atoms with Gasteiger partial charge in [-0.1, -0.05) is 42.0 Å². The zero-order valence-electron chi connectivity index (χ0n) is 29.5. The zero-order chi connectivity index (χ0) is 40.4. The van der Waals surface area contributed by atoms with Crippen LogP contribution in [0.3, 0.4) is 0 Å². The normalized spacial score (nSPS) is 13.1. The van der Waals surface area contributed by atoms with Crippen molar-refractivity contribution in [2.24, 2.45) is 22.9 Å². The standard InChI is InChI=1S/C40H32N8O8/c1-22(14-16-31-37(53)45(27-10-2-6-23(18-27)33(41)49)46(38(31)54)28-11-3-7-24(19-28)34(42)50)15-17-32-39(55)47(29-12-4-8-25(20-29)35(43)51)48(40(32)56)30-13-5-9-26(21-30)36(44)52/h2-21,53H,1H3,(H2,41,49)(H2,42,50)(H2,43,51)(H2,44,52)/b16-14+,22-15+. The van der Waals surface area contributed by atoms with Gasteiger partial charge in [0.15, 0.2) is 0 Å². The Kier molecular flexibility index (Phi) is 10.0. The first kappa shape index (κ1) is 37.5. The summed E-state index contributed by atoms with van der Waals surface area (Å²) < 4.78 is 2.22. The predicted octanol–water partition coefficient (Wildman–Crippen LogP) is 2.61. The van der Waals surface area contributed by atoms with Crippen LogP contribution >= 0.6 is 0 Å². The second-order valence-corrected chi connectivity index (χ2v) is 12.4. The topological polar surface area (TPSA) is 260 Å². The highest BCUT2D eigenvalue weighted by atomic mass is 16.3. The van der Waals surface area contributed by atoms with E-state index in [1.165, 1.54) is 121 Å². The molecule has 56 heavy (non-hydrogen) atoms. The Morgan fingerprint density at radius 1 is 0.571 bits per heavy atom. The molecule has 0 unspecified atom stereocenters. The van der Waals surface area contributed by atoms with E-state index >= 15 is 0 Å². The molecule has 0 saturated carbocycles. The summed E-state index contributed by atoms with van der Waals surface area (Å²) in [6.45, 7) is 1.61. The summed E-state index contributed by atoms with van der Waals surface area (Å²) in [6.07, 6.45) is 5.46. The summed E-state index contributed by atoms with van der Waals surface area (Å²) in [5.41, 5.74) is 22.0. The first-order valence-electron chi connectivity index (χ1n) is 16.6. The Balaban J connectivity index is 1.42. The minimum atomic E-state index is -0.775. The Labute approximate surface area is 317 Å². The van der Waals surface area contributed by atoms with Crippen molar-refractivity contribution in [1.29, 1.82) is 0 Å². The Morgan fingerprint density at radius 2 is 0.946 bits per heavy atom. The van der Waals surface area contributed by atoms with Crippen molar-refractivity contribution < 1.29 is 33.9 Å². The van der Waals surface area contributed by atoms with Gasteiger partial charge in [0, 0.05) is 22.3 Å². The van der Waals surface area contributed by atoms with Crippen molar-refractivity contribution in [3.63, 3.8) is 0 Å². The Bertz CT molecular complexity index is 2590. The van der Waals surface area contributed by atoms with Gasteiger partial charge in [0.05, 0.1) is 22.7 Å². The first-order valence-corrected chi connectivity index (χ1v) is 16.6. The summed E-state index contributed by atoms with van der Waals surface area (Å²) in [4.78, 5) is 89.7. The molecule has 1 aliphatic rings. The van der Waals surface area contributed by atoms with Crippen LogP contribution in [0.15, 0.2) is 131 Å². The van der Waals surface area contributed by atoms with Gasteiger partial charge in [-0.05, 0) is 91.9 Å². The number of aromatic hydroxyl groups is 1. The third kappa shape index (κ3) is 7.07. The lowest BCUT2D eigenvalue weighted by Crippen LogP contribution is -2.41. The highest BCUT2D eigenvalue weighted by molar-refractivity contribution is 6.36. The fourth-order valence-electron chi connectivity index (χ4n) is 5.88. The van der Waals surface area contributed by atoms with E-state index in [0.717, 1.165) is 19.4 Å². The highest BCUT2D eigenvalue weighted by Gasteiger charge is 2.43. The van der Waals surface area contributed by atoms with Gasteiger partial charge < -0.3 is 28.0 Å². The van der Waals surface area contributed by atoms with Crippen LogP contribution in [0, 0.1) is 0 Å². The molecule has 5 aromatic rings. The zero-order valence-corrected chi connectivity index (χ0v) is 29.5. The van der Waals surface area contributed by atoms with E-state index in [-0.39, 0.29) is 56.1 Å². The average molecular weight is 753 g/mol. The molecule has 1 aromatic heterocycles. The van der Waals surface area contributed by atoms with Crippen LogP contribution in [0.5, 0.6) is 5.88 Å². The second kappa shape index (κ2) is 15.0. The maximum atomic E-state index is 14.0. The smallest absolute Gasteiger partial charge is 0.283 e. The number of primary amides is 4. The SMILES string of the molecule is CC(/C=C/c1c(O)n(-c2cccc(C(N)=O)c2)n(-c2cccc(C(N)=O)c2)c1=O)=C\C=C1C(=O)N(c2cccc(C(N)=O)c2)N(c2cccc(C(N)=O)c2)C1=O. The van der Waals surface area contributed by atoms with Gasteiger partial charge in [0.1, 0.15) is 11.1 Å². The molecule has 0 bridgehead atoms. The van der Waals surface area contributed by atoms with E-state index in [1.54, 1.807) is 6.92 Å². The van der Waals surface area contributed by atoms with Crippen LogP contribution in [0.2, 0.25) is 0 Å². The van der Waals surface area contributed by atoms with Crippen molar-refractivity contribution in [3.05, 3.63) is 165 Å². The lowest BCUT2D eigenvalue weighted by Gasteiger charge is -2.27. The summed E-state index contributed by atoms with van der Waals surface area (Å²) >= 11 is 0. The van der Waals surface area contributed by atoms with Crippen molar-refractivity contribution in [1.82, 2.24) is 9.36 Å². The molecule has 1 fully saturated rings. The molecule has 0 atom stereocenters. The van der Waals surface area contributed by atoms with Crippen LogP contribution in [0.4, 0.5) is 11.4 Å². The van der Waals surface area contributed by atoms with Crippen LogP contribution in [-0.2, 0) is 9.59 Å². The fraction of sp³-hybridized carbons (Fsp3) is 0.0250. The van der Waals surface area contributed by atoms with Crippen LogP contribution in [0.25, 0.3) is 17.5 Å². The van der Waals surface area contributed by atoms with Gasteiger partial charge in [0.25, 0.3) is 17.4 Å². The van der Waals surface area contributed by atoms with Gasteiger partial charge in [-0.15, -0.1) is 0 Å². The lowest BCUT2D eigenvalue weighted by atomic mass is 10.1. The molecule has 2 heterocycles. The van der Waals surface area contributed by atoms with Gasteiger partial charge in [-0.2, -0.15) is 0 Å². The van der Waals surface area contributed by atoms with E-state index in [9.17, 15) is 38.7 Å². The van der Waals surface area contributed by atoms with Crippen molar-refractivity contribution in [2.45, 2.75) is 6.92 Å². The minimum Gasteiger partial charge on any atom is -0.493 e. The Hall–Kier alpha value is -8.27. The molecule has 280 valence electrons. The van der Waals surface area contributed by atoms with Crippen molar-refractivity contribution in [2.75, 3.05) is 10.0 Å². The number of carbonyl (C=O) groups excluding carboxylic acids is 6. The van der Waals surface area contributed by atoms with E-state index < -0.39 is 46.9 Å². The van der Waals surface area contributed by atoms with E-state index in [1.807, 2.05) is 0 Å². The number of carbonyl (C=O) groups is 6. The van der Waals surface area contributed by atoms with E-state index in [0.29, 0.717) is 5.57 Å². The first-order chi connectivity index (χ1) is 26.7. The van der Waals surface area contributed by atoms with Crippen LogP contribution in [-0.4, -0.2) is 49.9 Å². The predicted molar refractivity (Wildman–Crippen MR) is 206 cm³/mol. The molecule has 1 aliphatic heterocycles. The summed E-state index contributed by atoms with van der Waals surface area (Å²) in [5.74, 6) is -5.11. The number of nitrogens with zero attached hydrogens (tertiary/aromatic N) is 4. The number of allylic oxidation sites excluding steroid dienone is 4. The number of aromatic nitrogens is 2. The molecule has 0 radical (unpaired) electrons. The van der Waals surface area contributed by atoms with Crippen molar-refractivity contribution >= 4 is 52.9 Å². The molecule has 16 heteroatoms. The van der Waals surface area contributed by atoms with Crippen LogP contribution < -0.4 is 38.5 Å². The molecular formula is C40H32N8O8. The van der Waals surface area contributed by atoms with Gasteiger partial charge in [-0.25, -0.2) is 19.4 Å². The third-order valence-corrected chi connectivity index (χ3v) is 8.64. The van der Waals surface area contributed by atoms with Gasteiger partial charge >= 0.3 is 0 Å². The maximum Gasteiger partial charge on any atom is 0.283 e. The molecule has 1 saturated heterocycles. The fourth-order valence-corrected chi connectivity index (χ4v) is 5.88. The van der Waals surface area contributed by atoms with E-state index in [2.05, 4.69) is 0 Å². The maximum absolute atomic E-state index is 14.0. The summed E-state index contributed by atoms with van der Waals surface area (Å²) in [7, 11) is 0. The number of hydrogen-bond acceptors (Lipinski definition) is 8. The summed E-state index contributed by atoms with van der Waals surface area (Å²) in [5, 5.41) is 13.5. The largest absolute Gasteiger partial charge is 0.493 e. The number of hydrogen-bond donors (Lipinski definition) is 5. The number of anilines is 2. The molecule has 9 N–H and O–H groups in total. The summed E-state index contributed by atoms with van der Waals surface area (Å²) in [6, 6.07) is 23.2. The third-order valence-electron chi connectivity index (χ3n) is 8.64. The molecule has 16 nitrogen and oxygen atoms in total. The molecule has 6 amide bonds. The molecule has 4 aromatic carbocycles. The average Bonchev–Trinajstić information content (AvgIpc) is 3.59. The Morgan fingerprint density at radius 3 is 1.36 bits per heavy atom. The number of hydrazine groups is 1. The quantitative estimate of drug-likeness (QED) is 0.0759. The number of amides is 6. The minimum absolute atomic E-state index is 0.0733. The number of nitrogens with two attached hydrogens (primary N) is 4. The molecular weight excluding hydrogens is 720 g/mol. The monoisotopic (exact) mass is 752 g/mol. The van der Waals surface area contributed by atoms with Crippen LogP contribution in [0.1, 0.15) is 53.9 Å². The molecule has 0 spiro atoms. The van der Waals surface area contributed by atoms with E-state index in [4.69, 9.17) is 22.9 Å². The highest BCUT2D eigenvalue weighted by Crippen LogP contribution is 2.33. The molecule has 6 rings (SSSR count). The van der Waals surface area contributed by atoms with Crippen molar-refractivity contribution in [3.8, 4) is 17.3 Å². The number of benzene rings is 4. The number of rotatable bonds is 11.